The lowest BCUT2D eigenvalue weighted by Crippen LogP contribution is -2.14. The number of hydrogen-bond donors (Lipinski definition) is 0. The topological polar surface area (TPSA) is 25.8 Å². The summed E-state index contributed by atoms with van der Waals surface area (Å²) < 4.78 is 1.24. The van der Waals surface area contributed by atoms with Crippen LogP contribution in [0.25, 0.3) is 21.5 Å². The normalized spacial score (nSPS) is 12.0. The smallest absolute Gasteiger partial charge is 0.162 e. The number of halogens is 1. The predicted molar refractivity (Wildman–Crippen MR) is 86.6 cm³/mol. The van der Waals surface area contributed by atoms with Crippen molar-refractivity contribution in [2.75, 3.05) is 0 Å². The Bertz CT molecular complexity index is 771. The molecule has 2 aromatic heterocycles. The van der Waals surface area contributed by atoms with Gasteiger partial charge in [0, 0.05) is 26.4 Å². The molecule has 0 atom stereocenters. The van der Waals surface area contributed by atoms with E-state index >= 15 is 0 Å². The van der Waals surface area contributed by atoms with Crippen molar-refractivity contribution in [2.24, 2.45) is 0 Å². The number of fused-ring (bicyclic) bond motifs is 1. The van der Waals surface area contributed by atoms with Crippen LogP contribution in [0.1, 0.15) is 26.5 Å². The van der Waals surface area contributed by atoms with Crippen LogP contribution in [-0.4, -0.2) is 9.97 Å². The van der Waals surface area contributed by atoms with Gasteiger partial charge in [-0.25, -0.2) is 9.97 Å². The van der Waals surface area contributed by atoms with Gasteiger partial charge >= 0.3 is 0 Å². The molecule has 4 heteroatoms. The molecule has 0 radical (unpaired) electrons. The fourth-order valence-corrected chi connectivity index (χ4v) is 3.20. The van der Waals surface area contributed by atoms with Crippen molar-refractivity contribution < 1.29 is 0 Å². The monoisotopic (exact) mass is 302 g/mol. The maximum atomic E-state index is 6.18. The lowest BCUT2D eigenvalue weighted by atomic mass is 9.92. The zero-order valence-electron chi connectivity index (χ0n) is 11.6. The average molecular weight is 303 g/mol. The number of rotatable bonds is 1. The predicted octanol–water partition coefficient (Wildman–Crippen LogP) is 5.31. The van der Waals surface area contributed by atoms with Crippen LogP contribution in [0.5, 0.6) is 0 Å². The molecule has 0 bridgehead atoms. The zero-order valence-corrected chi connectivity index (χ0v) is 13.2. The summed E-state index contributed by atoms with van der Waals surface area (Å²) in [7, 11) is 0. The minimum absolute atomic E-state index is 0.0485. The summed E-state index contributed by atoms with van der Waals surface area (Å²) in [6.07, 6.45) is 0. The Morgan fingerprint density at radius 2 is 1.85 bits per heavy atom. The molecule has 2 heterocycles. The molecule has 3 rings (SSSR count). The van der Waals surface area contributed by atoms with E-state index in [4.69, 9.17) is 16.6 Å². The fourth-order valence-electron chi connectivity index (χ4n) is 2.07. The third-order valence-electron chi connectivity index (χ3n) is 3.19. The second kappa shape index (κ2) is 4.83. The second-order valence-corrected chi connectivity index (χ2v) is 7.09. The van der Waals surface area contributed by atoms with Crippen LogP contribution in [0.4, 0.5) is 0 Å². The molecule has 1 aromatic carbocycles. The first-order chi connectivity index (χ1) is 9.45. The van der Waals surface area contributed by atoms with Crippen molar-refractivity contribution >= 4 is 33.0 Å². The van der Waals surface area contributed by atoms with E-state index in [1.165, 1.54) is 10.1 Å². The lowest BCUT2D eigenvalue weighted by Gasteiger charge is -2.18. The van der Waals surface area contributed by atoms with Crippen LogP contribution < -0.4 is 0 Å². The van der Waals surface area contributed by atoms with Gasteiger partial charge in [-0.1, -0.05) is 50.6 Å². The van der Waals surface area contributed by atoms with Gasteiger partial charge in [0.05, 0.1) is 5.69 Å². The van der Waals surface area contributed by atoms with Crippen LogP contribution in [-0.2, 0) is 5.41 Å². The van der Waals surface area contributed by atoms with Crippen molar-refractivity contribution in [1.29, 1.82) is 0 Å². The molecular weight excluding hydrogens is 288 g/mol. The molecule has 3 aromatic rings. The summed E-state index contributed by atoms with van der Waals surface area (Å²) in [6.45, 7) is 6.38. The Labute approximate surface area is 127 Å². The molecule has 0 saturated heterocycles. The molecule has 0 unspecified atom stereocenters. The molecule has 0 saturated carbocycles. The van der Waals surface area contributed by atoms with Gasteiger partial charge in [-0.2, -0.15) is 0 Å². The highest BCUT2D eigenvalue weighted by Gasteiger charge is 2.19. The maximum absolute atomic E-state index is 6.18. The maximum Gasteiger partial charge on any atom is 0.162 e. The molecule has 0 aliphatic carbocycles. The second-order valence-electron chi connectivity index (χ2n) is 5.80. The van der Waals surface area contributed by atoms with Gasteiger partial charge in [-0.15, -0.1) is 11.3 Å². The molecule has 0 aliphatic rings. The highest BCUT2D eigenvalue weighted by molar-refractivity contribution is 7.17. The molecule has 0 fully saturated rings. The molecule has 0 N–H and O–H groups in total. The van der Waals surface area contributed by atoms with E-state index in [0.717, 1.165) is 11.3 Å². The summed E-state index contributed by atoms with van der Waals surface area (Å²) in [5.41, 5.74) is 1.97. The molecule has 2 nitrogen and oxygen atoms in total. The van der Waals surface area contributed by atoms with Crippen LogP contribution in [0.15, 0.2) is 35.7 Å². The molecule has 102 valence electrons. The van der Waals surface area contributed by atoms with Crippen molar-refractivity contribution in [3.63, 3.8) is 0 Å². The Balaban J connectivity index is 2.22. The largest absolute Gasteiger partial charge is 0.232 e. The molecule has 0 aliphatic heterocycles. The van der Waals surface area contributed by atoms with Gasteiger partial charge in [-0.05, 0) is 12.1 Å². The van der Waals surface area contributed by atoms with E-state index in [9.17, 15) is 0 Å². The third-order valence-corrected chi connectivity index (χ3v) is 4.34. The highest BCUT2D eigenvalue weighted by atomic mass is 35.5. The first kappa shape index (κ1) is 13.5. The Hall–Kier alpha value is -1.45. The van der Waals surface area contributed by atoms with Crippen molar-refractivity contribution in [1.82, 2.24) is 9.97 Å². The molecule has 20 heavy (non-hydrogen) atoms. The summed E-state index contributed by atoms with van der Waals surface area (Å²) in [4.78, 5) is 9.11. The van der Waals surface area contributed by atoms with E-state index in [2.05, 4.69) is 43.3 Å². The van der Waals surface area contributed by atoms with Crippen molar-refractivity contribution in [2.45, 2.75) is 26.2 Å². The standard InChI is InChI=1S/C16H15ClN2S/c1-16(2,3)13-8-14(17)19-15(18-13)11-9-20-12-7-5-4-6-10(11)12/h4-9H,1-3H3. The minimum Gasteiger partial charge on any atom is -0.232 e. The minimum atomic E-state index is -0.0485. The number of hydrogen-bond acceptors (Lipinski definition) is 3. The quantitative estimate of drug-likeness (QED) is 0.569. The summed E-state index contributed by atoms with van der Waals surface area (Å²) >= 11 is 7.88. The lowest BCUT2D eigenvalue weighted by molar-refractivity contribution is 0.568. The third kappa shape index (κ3) is 2.43. The summed E-state index contributed by atoms with van der Waals surface area (Å²) in [5, 5.41) is 3.78. The van der Waals surface area contributed by atoms with Gasteiger partial charge in [-0.3, -0.25) is 0 Å². The molecule has 0 amide bonds. The molecular formula is C16H15ClN2S. The number of nitrogens with zero attached hydrogens (tertiary/aromatic N) is 2. The van der Waals surface area contributed by atoms with E-state index in [-0.39, 0.29) is 5.41 Å². The van der Waals surface area contributed by atoms with Gasteiger partial charge in [0.15, 0.2) is 5.82 Å². The van der Waals surface area contributed by atoms with E-state index in [0.29, 0.717) is 11.0 Å². The van der Waals surface area contributed by atoms with Gasteiger partial charge in [0.1, 0.15) is 5.15 Å². The van der Waals surface area contributed by atoms with Crippen molar-refractivity contribution in [3.8, 4) is 11.4 Å². The van der Waals surface area contributed by atoms with Crippen LogP contribution in [0.2, 0.25) is 5.15 Å². The van der Waals surface area contributed by atoms with E-state index < -0.39 is 0 Å². The Morgan fingerprint density at radius 1 is 1.10 bits per heavy atom. The van der Waals surface area contributed by atoms with E-state index in [1.807, 2.05) is 18.2 Å². The molecule has 0 spiro atoms. The van der Waals surface area contributed by atoms with Gasteiger partial charge in [0.25, 0.3) is 0 Å². The van der Waals surface area contributed by atoms with Crippen molar-refractivity contribution in [3.05, 3.63) is 46.6 Å². The van der Waals surface area contributed by atoms with Crippen LogP contribution in [0.3, 0.4) is 0 Å². The first-order valence-corrected chi connectivity index (χ1v) is 7.72. The SMILES string of the molecule is CC(C)(C)c1cc(Cl)nc(-c2csc3ccccc23)n1. The fraction of sp³-hybridized carbons (Fsp3) is 0.250. The first-order valence-electron chi connectivity index (χ1n) is 6.47. The number of benzene rings is 1. The van der Waals surface area contributed by atoms with Crippen LogP contribution >= 0.6 is 22.9 Å². The zero-order chi connectivity index (χ0) is 14.3. The Morgan fingerprint density at radius 3 is 2.60 bits per heavy atom. The highest BCUT2D eigenvalue weighted by Crippen LogP contribution is 2.33. The number of aromatic nitrogens is 2. The number of thiophene rings is 1. The average Bonchev–Trinajstić information content (AvgIpc) is 2.80. The summed E-state index contributed by atoms with van der Waals surface area (Å²) in [6, 6.07) is 10.1. The van der Waals surface area contributed by atoms with Gasteiger partial charge in [0.2, 0.25) is 0 Å². The van der Waals surface area contributed by atoms with Gasteiger partial charge < -0.3 is 0 Å². The van der Waals surface area contributed by atoms with E-state index in [1.54, 1.807) is 11.3 Å². The summed E-state index contributed by atoms with van der Waals surface area (Å²) in [5.74, 6) is 0.708. The van der Waals surface area contributed by atoms with Crippen LogP contribution in [0, 0.1) is 0 Å². The Kier molecular flexibility index (Phi) is 3.27.